The molecule has 0 saturated heterocycles. The van der Waals surface area contributed by atoms with Crippen LogP contribution in [-0.4, -0.2) is 14.8 Å². The zero-order valence-electron chi connectivity index (χ0n) is 10.7. The molecule has 3 aromatic rings. The summed E-state index contributed by atoms with van der Waals surface area (Å²) in [6.07, 6.45) is 4.38. The molecule has 1 atom stereocenters. The lowest BCUT2D eigenvalue weighted by molar-refractivity contribution is 0.498. The fourth-order valence-corrected chi connectivity index (χ4v) is 2.44. The minimum absolute atomic E-state index is 0.00593. The lowest BCUT2D eigenvalue weighted by atomic mass is 10.1. The second-order valence-corrected chi connectivity index (χ2v) is 4.54. The Morgan fingerprint density at radius 3 is 2.79 bits per heavy atom. The van der Waals surface area contributed by atoms with Crippen molar-refractivity contribution in [2.75, 3.05) is 0 Å². The summed E-state index contributed by atoms with van der Waals surface area (Å²) in [6.45, 7) is 2.07. The first-order valence-electron chi connectivity index (χ1n) is 6.40. The van der Waals surface area contributed by atoms with Crippen molar-refractivity contribution in [3.8, 4) is 0 Å². The summed E-state index contributed by atoms with van der Waals surface area (Å²) in [4.78, 5) is 16.5. The molecular weight excluding hydrogens is 238 g/mol. The highest BCUT2D eigenvalue weighted by molar-refractivity contribution is 5.77. The van der Waals surface area contributed by atoms with Crippen LogP contribution in [0.15, 0.2) is 53.6 Å². The molecule has 0 amide bonds. The molecule has 96 valence electrons. The van der Waals surface area contributed by atoms with Crippen LogP contribution in [0, 0.1) is 0 Å². The molecule has 1 N–H and O–H groups in total. The van der Waals surface area contributed by atoms with E-state index in [0.29, 0.717) is 0 Å². The van der Waals surface area contributed by atoms with Crippen molar-refractivity contribution in [2.45, 2.75) is 19.4 Å². The van der Waals surface area contributed by atoms with Crippen LogP contribution in [0.2, 0.25) is 0 Å². The molecule has 0 fully saturated rings. The molecule has 0 saturated carbocycles. The summed E-state index contributed by atoms with van der Waals surface area (Å²) in [6, 6.07) is 11.5. The number of hydrogen-bond acceptors (Lipinski definition) is 2. The van der Waals surface area contributed by atoms with E-state index in [2.05, 4.69) is 17.0 Å². The quantitative estimate of drug-likeness (QED) is 0.780. The summed E-state index contributed by atoms with van der Waals surface area (Å²) < 4.78 is 1.70. The van der Waals surface area contributed by atoms with Crippen LogP contribution in [-0.2, 0) is 0 Å². The van der Waals surface area contributed by atoms with Crippen LogP contribution < -0.4 is 5.56 Å². The number of H-pyrrole nitrogens is 1. The fraction of sp³-hybridized carbons (Fsp3) is 0.200. The van der Waals surface area contributed by atoms with Crippen LogP contribution in [0.5, 0.6) is 0 Å². The largest absolute Gasteiger partial charge is 0.294 e. The molecule has 0 bridgehead atoms. The molecule has 3 rings (SSSR count). The third-order valence-corrected chi connectivity index (χ3v) is 3.38. The van der Waals surface area contributed by atoms with Gasteiger partial charge in [-0.1, -0.05) is 25.1 Å². The Labute approximate surface area is 110 Å². The van der Waals surface area contributed by atoms with Gasteiger partial charge >= 0.3 is 0 Å². The van der Waals surface area contributed by atoms with Gasteiger partial charge in [-0.15, -0.1) is 0 Å². The standard InChI is InChI=1S/C15H15N3O/c1-2-14(11-6-5-9-16-10-11)18-15(19)12-7-3-4-8-13(12)17-18/h3-10,14,17H,2H2,1H3. The van der Waals surface area contributed by atoms with Crippen LogP contribution >= 0.6 is 0 Å². The molecule has 0 radical (unpaired) electrons. The summed E-state index contributed by atoms with van der Waals surface area (Å²) >= 11 is 0. The van der Waals surface area contributed by atoms with E-state index in [4.69, 9.17) is 0 Å². The summed E-state index contributed by atoms with van der Waals surface area (Å²) in [5.41, 5.74) is 1.93. The zero-order chi connectivity index (χ0) is 13.2. The fourth-order valence-electron chi connectivity index (χ4n) is 2.44. The Morgan fingerprint density at radius 1 is 1.26 bits per heavy atom. The number of aromatic nitrogens is 3. The van der Waals surface area contributed by atoms with E-state index >= 15 is 0 Å². The van der Waals surface area contributed by atoms with Crippen LogP contribution in [0.4, 0.5) is 0 Å². The van der Waals surface area contributed by atoms with Crippen molar-refractivity contribution < 1.29 is 0 Å². The number of rotatable bonds is 3. The SMILES string of the molecule is CCC(c1cccnc1)n1[nH]c2ccccc2c1=O. The van der Waals surface area contributed by atoms with Gasteiger partial charge in [0.1, 0.15) is 0 Å². The van der Waals surface area contributed by atoms with Crippen LogP contribution in [0.3, 0.4) is 0 Å². The number of hydrogen-bond donors (Lipinski definition) is 1. The van der Waals surface area contributed by atoms with Gasteiger partial charge in [-0.2, -0.15) is 0 Å². The number of pyridine rings is 1. The Balaban J connectivity index is 2.17. The maximum absolute atomic E-state index is 12.4. The number of benzene rings is 1. The first kappa shape index (κ1) is 11.7. The third kappa shape index (κ3) is 1.95. The molecular formula is C15H15N3O. The Hall–Kier alpha value is -2.36. The summed E-state index contributed by atoms with van der Waals surface area (Å²) in [7, 11) is 0. The first-order chi connectivity index (χ1) is 9.31. The predicted octanol–water partition coefficient (Wildman–Crippen LogP) is 2.72. The van der Waals surface area contributed by atoms with Gasteiger partial charge in [0, 0.05) is 12.4 Å². The highest BCUT2D eigenvalue weighted by Crippen LogP contribution is 2.20. The number of nitrogens with one attached hydrogen (secondary N) is 1. The van der Waals surface area contributed by atoms with E-state index in [-0.39, 0.29) is 11.6 Å². The minimum atomic E-state index is -0.00593. The monoisotopic (exact) mass is 253 g/mol. The van der Waals surface area contributed by atoms with E-state index in [9.17, 15) is 4.79 Å². The number of fused-ring (bicyclic) bond motifs is 1. The second-order valence-electron chi connectivity index (χ2n) is 4.54. The highest BCUT2D eigenvalue weighted by atomic mass is 16.1. The van der Waals surface area contributed by atoms with Gasteiger partial charge in [0.15, 0.2) is 0 Å². The van der Waals surface area contributed by atoms with Gasteiger partial charge in [0.25, 0.3) is 5.56 Å². The Bertz CT molecular complexity index is 743. The van der Waals surface area contributed by atoms with Crippen LogP contribution in [0.25, 0.3) is 10.9 Å². The maximum Gasteiger partial charge on any atom is 0.274 e. The molecule has 2 heterocycles. The number of para-hydroxylation sites is 1. The van der Waals surface area contributed by atoms with Gasteiger partial charge in [0.2, 0.25) is 0 Å². The lowest BCUT2D eigenvalue weighted by Crippen LogP contribution is -2.23. The molecule has 19 heavy (non-hydrogen) atoms. The molecule has 2 aromatic heterocycles. The minimum Gasteiger partial charge on any atom is -0.294 e. The van der Waals surface area contributed by atoms with Crippen molar-refractivity contribution in [3.63, 3.8) is 0 Å². The molecule has 4 heteroatoms. The molecule has 0 spiro atoms. The molecule has 0 aliphatic rings. The molecule has 0 aliphatic heterocycles. The van der Waals surface area contributed by atoms with Gasteiger partial charge in [-0.3, -0.25) is 14.9 Å². The smallest absolute Gasteiger partial charge is 0.274 e. The van der Waals surface area contributed by atoms with E-state index in [0.717, 1.165) is 22.9 Å². The predicted molar refractivity (Wildman–Crippen MR) is 75.2 cm³/mol. The van der Waals surface area contributed by atoms with E-state index < -0.39 is 0 Å². The van der Waals surface area contributed by atoms with Gasteiger partial charge in [-0.05, 0) is 30.2 Å². The van der Waals surface area contributed by atoms with Crippen molar-refractivity contribution in [1.29, 1.82) is 0 Å². The number of aromatic amines is 1. The molecule has 4 nitrogen and oxygen atoms in total. The van der Waals surface area contributed by atoms with Gasteiger partial charge in [0.05, 0.1) is 16.9 Å². The Kier molecular flexibility index (Phi) is 2.91. The van der Waals surface area contributed by atoms with Crippen molar-refractivity contribution in [2.24, 2.45) is 0 Å². The average molecular weight is 253 g/mol. The van der Waals surface area contributed by atoms with Gasteiger partial charge in [-0.25, -0.2) is 4.68 Å². The van der Waals surface area contributed by atoms with Crippen LogP contribution in [0.1, 0.15) is 24.9 Å². The topological polar surface area (TPSA) is 50.7 Å². The normalized spacial score (nSPS) is 12.7. The molecule has 1 unspecified atom stereocenters. The van der Waals surface area contributed by atoms with Crippen molar-refractivity contribution in [1.82, 2.24) is 14.8 Å². The molecule has 0 aliphatic carbocycles. The highest BCUT2D eigenvalue weighted by Gasteiger charge is 2.16. The third-order valence-electron chi connectivity index (χ3n) is 3.38. The zero-order valence-corrected chi connectivity index (χ0v) is 10.7. The van der Waals surface area contributed by atoms with Gasteiger partial charge < -0.3 is 0 Å². The van der Waals surface area contributed by atoms with E-state index in [1.54, 1.807) is 10.9 Å². The van der Waals surface area contributed by atoms with Crippen molar-refractivity contribution in [3.05, 3.63) is 64.7 Å². The lowest BCUT2D eigenvalue weighted by Gasteiger charge is -2.15. The van der Waals surface area contributed by atoms with Crippen molar-refractivity contribution >= 4 is 10.9 Å². The maximum atomic E-state index is 12.4. The average Bonchev–Trinajstić information content (AvgIpc) is 2.79. The molecule has 1 aromatic carbocycles. The summed E-state index contributed by atoms with van der Waals surface area (Å²) in [5, 5.41) is 3.92. The number of nitrogens with zero attached hydrogens (tertiary/aromatic N) is 2. The second kappa shape index (κ2) is 4.72. The summed E-state index contributed by atoms with van der Waals surface area (Å²) in [5.74, 6) is 0. The van der Waals surface area contributed by atoms with E-state index in [1.165, 1.54) is 0 Å². The van der Waals surface area contributed by atoms with E-state index in [1.807, 2.05) is 42.6 Å². The first-order valence-corrected chi connectivity index (χ1v) is 6.40. The Morgan fingerprint density at radius 2 is 2.11 bits per heavy atom.